The third-order valence-electron chi connectivity index (χ3n) is 14.6. The molecule has 14 rings (SSSR count). The molecule has 0 fully saturated rings. The number of hydrogen-bond acceptors (Lipinski definition) is 4. The van der Waals surface area contributed by atoms with Crippen LogP contribution >= 0.6 is 0 Å². The first kappa shape index (κ1) is 31.6. The average molecular weight is 1180 g/mol. The summed E-state index contributed by atoms with van der Waals surface area (Å²) in [5.41, 5.74) is 7.47. The molecular weight excluding hydrogens is 1110 g/mol. The van der Waals surface area contributed by atoms with Gasteiger partial charge in [0.2, 0.25) is 0 Å². The van der Waals surface area contributed by atoms with Crippen LogP contribution in [0.15, 0.2) is 188 Å². The van der Waals surface area contributed by atoms with Crippen molar-refractivity contribution in [3.05, 3.63) is 232 Å². The van der Waals surface area contributed by atoms with Crippen LogP contribution in [0.3, 0.4) is 0 Å². The first-order valence-corrected chi connectivity index (χ1v) is 25.8. The van der Waals surface area contributed by atoms with Gasteiger partial charge in [-0.15, -0.1) is 6.07 Å². The molecule has 0 spiro atoms. The van der Waals surface area contributed by atoms with Gasteiger partial charge in [0.05, 0.1) is 0 Å². The van der Waals surface area contributed by atoms with Crippen LogP contribution in [0.5, 0.6) is 11.6 Å². The van der Waals surface area contributed by atoms with E-state index in [-0.39, 0.29) is 73.3 Å². The van der Waals surface area contributed by atoms with Crippen molar-refractivity contribution in [1.82, 2.24) is 14.1 Å². The van der Waals surface area contributed by atoms with Crippen LogP contribution in [0.1, 0.15) is 71.9 Å². The second-order valence-electron chi connectivity index (χ2n) is 20.1. The molecule has 0 N–H and O–H groups in total. The molecule has 3 aliphatic heterocycles. The molecule has 0 amide bonds. The Kier molecular flexibility index (Phi) is 7.24. The maximum absolute atomic E-state index is 9.42. The van der Waals surface area contributed by atoms with E-state index in [1.807, 2.05) is 104 Å². The number of pyridine rings is 1. The molecule has 370 valence electrons. The van der Waals surface area contributed by atoms with E-state index in [2.05, 4.69) is 36.3 Å². The van der Waals surface area contributed by atoms with Crippen molar-refractivity contribution in [1.29, 1.82) is 0 Å². The van der Waals surface area contributed by atoms with Crippen LogP contribution < -0.4 is 19.8 Å². The first-order valence-electron chi connectivity index (χ1n) is 33.1. The zero-order valence-electron chi connectivity index (χ0n) is 58.0. The fourth-order valence-corrected chi connectivity index (χ4v) is 12.4. The Labute approximate surface area is 479 Å². The van der Waals surface area contributed by atoms with Gasteiger partial charge in [0.15, 0.2) is 0 Å². The number of benzene rings is 9. The fourth-order valence-electron chi connectivity index (χ4n) is 11.3. The van der Waals surface area contributed by atoms with E-state index in [4.69, 9.17) is 26.2 Å². The number of ether oxygens (including phenoxy) is 1. The van der Waals surface area contributed by atoms with Gasteiger partial charge in [-0.05, 0) is 11.6 Å². The predicted molar refractivity (Wildman–Crippen MR) is 309 cm³/mol. The molecule has 5 heterocycles. The number of hydrogen-bond donors (Lipinski definition) is 0. The molecule has 8 heteroatoms. The van der Waals surface area contributed by atoms with Crippen LogP contribution in [0.25, 0.3) is 78.0 Å². The predicted octanol–water partition coefficient (Wildman–Crippen LogP) is 16.5. The van der Waals surface area contributed by atoms with Crippen LogP contribution in [0, 0.1) is 43.3 Å². The molecule has 11 aromatic rings. The Morgan fingerprint density at radius 2 is 1.32 bits per heavy atom. The number of rotatable bonds is 7. The van der Waals surface area contributed by atoms with Crippen molar-refractivity contribution in [2.45, 2.75) is 53.6 Å². The molecule has 0 radical (unpaired) electrons. The van der Waals surface area contributed by atoms with Gasteiger partial charge < -0.3 is 0 Å². The van der Waals surface area contributed by atoms with Crippen LogP contribution in [0.4, 0.5) is 22.9 Å². The maximum atomic E-state index is 9.42. The van der Waals surface area contributed by atoms with Crippen molar-refractivity contribution in [3.63, 3.8) is 0 Å². The van der Waals surface area contributed by atoms with E-state index in [9.17, 15) is 6.85 Å². The van der Waals surface area contributed by atoms with Gasteiger partial charge >= 0.3 is 410 Å². The summed E-state index contributed by atoms with van der Waals surface area (Å²) in [6.07, 6.45) is 0. The van der Waals surface area contributed by atoms with E-state index in [0.717, 1.165) is 33.5 Å². The normalized spacial score (nSPS) is 16.9. The monoisotopic (exact) mass is 1180 g/mol. The molecule has 6 nitrogen and oxygen atoms in total. The van der Waals surface area contributed by atoms with E-state index in [1.165, 1.54) is 42.5 Å². The Hall–Kier alpha value is -8.25. The first-order chi connectivity index (χ1) is 43.8. The number of imidazole rings is 1. The molecule has 0 bridgehead atoms. The van der Waals surface area contributed by atoms with Crippen molar-refractivity contribution >= 4 is 46.4 Å². The third kappa shape index (κ3) is 7.12. The molecule has 0 saturated carbocycles. The SMILES string of the molecule is [2H]c1c([2H])c([2H])c(-c2cc(C([2H])([2H])[2H])cc(-c3cccc(C(C)(C)C)c3)c2-n2[c](=[Pt])n(-c3[c-]c(Oc4cc(C([2H])([2H])[2H])c5c(n4)N4B6c7c(cccc7-5)-c5ccccc5N6c5ccc[c-]c54)cc(-c4c(C([2H])([2H])[2H])cccc4C([2H])([2H])[2H])c3)c3ccccc32)c([2H])c1[2H]. The van der Waals surface area contributed by atoms with Crippen molar-refractivity contribution in [3.8, 4) is 78.6 Å². The summed E-state index contributed by atoms with van der Waals surface area (Å²) in [5, 5.41) is 0. The Bertz CT molecular complexity index is 5020. The summed E-state index contributed by atoms with van der Waals surface area (Å²) >= 11 is 2.08. The standard InChI is InChI=1S/C68H52BN5O.Pt/c1-42-34-55(46-22-9-8-10-23-46)66(56(35-42)47-24-18-25-49(37-47)68(5,6)7)72-41-71(58-30-13-14-31-59(58)72)50-38-48(63-43(2)20-17-21-44(63)3)39-51(40-50)75-62-36-45(4)64-54-28-19-27-53-52-26-11-12-29-57(52)73-60-32-15-16-33-61(60)74(67(64)70-62)69(73)65(53)54;/h8-32,34-39H,1-7H3;/q-2;/i1D3,2D3,3D3,4D3,8D,9D,10D,22D,23D;. The Balaban J connectivity index is 1.07. The number of anilines is 4. The average Bonchev–Trinajstić information content (AvgIpc) is 1.59. The number of aryl methyl sites for hydroxylation is 4. The van der Waals surface area contributed by atoms with Crippen molar-refractivity contribution in [2.24, 2.45) is 0 Å². The van der Waals surface area contributed by atoms with Gasteiger partial charge in [0, 0.05) is 11.3 Å². The van der Waals surface area contributed by atoms with Gasteiger partial charge in [-0.25, -0.2) is 0 Å². The summed E-state index contributed by atoms with van der Waals surface area (Å²) in [6, 6.07) is 49.2. The summed E-state index contributed by atoms with van der Waals surface area (Å²) in [4.78, 5) is 9.41. The molecule has 3 aliphatic rings. The summed E-state index contributed by atoms with van der Waals surface area (Å²) in [7, 11) is 0. The minimum absolute atomic E-state index is 0.0140. The molecular formula is C68H52BN5OPt-2. The molecule has 0 saturated heterocycles. The third-order valence-corrected chi connectivity index (χ3v) is 15.6. The van der Waals surface area contributed by atoms with Gasteiger partial charge in [0.1, 0.15) is 0 Å². The summed E-state index contributed by atoms with van der Waals surface area (Å²) in [5.74, 6) is -0.0959. The Morgan fingerprint density at radius 1 is 0.605 bits per heavy atom. The van der Waals surface area contributed by atoms with Gasteiger partial charge in [-0.2, -0.15) is 12.1 Å². The topological polar surface area (TPSA) is 38.5 Å². The van der Waals surface area contributed by atoms with Crippen molar-refractivity contribution in [2.75, 3.05) is 9.62 Å². The number of fused-ring (bicyclic) bond motifs is 10. The second-order valence-corrected chi connectivity index (χ2v) is 21.1. The summed E-state index contributed by atoms with van der Waals surface area (Å²) < 4.78 is 163. The zero-order valence-corrected chi connectivity index (χ0v) is 43.3. The van der Waals surface area contributed by atoms with Gasteiger partial charge in [-0.3, -0.25) is 0 Å². The van der Waals surface area contributed by atoms with Crippen LogP contribution in [-0.4, -0.2) is 21.1 Å². The van der Waals surface area contributed by atoms with Gasteiger partial charge in [-0.1, -0.05) is 30.3 Å². The molecule has 0 unspecified atom stereocenters. The Morgan fingerprint density at radius 3 is 2.11 bits per heavy atom. The number of aromatic nitrogens is 3. The quantitative estimate of drug-likeness (QED) is 0.118. The molecule has 76 heavy (non-hydrogen) atoms. The fraction of sp³-hybridized carbons (Fsp3) is 0.118. The van der Waals surface area contributed by atoms with Crippen LogP contribution in [0.2, 0.25) is 0 Å². The van der Waals surface area contributed by atoms with Gasteiger partial charge in [0.25, 0.3) is 0 Å². The molecule has 9 aromatic carbocycles. The number of para-hydroxylation sites is 4. The van der Waals surface area contributed by atoms with Crippen LogP contribution in [-0.2, 0) is 24.8 Å². The van der Waals surface area contributed by atoms with Crippen molar-refractivity contribution < 1.29 is 47.4 Å². The second kappa shape index (κ2) is 17.4. The summed E-state index contributed by atoms with van der Waals surface area (Å²) in [6.45, 7) is -5.76. The minimum atomic E-state index is -2.88. The van der Waals surface area contributed by atoms with E-state index in [1.54, 1.807) is 45.5 Å². The van der Waals surface area contributed by atoms with E-state index < -0.39 is 70.0 Å². The zero-order chi connectivity index (χ0) is 66.1. The van der Waals surface area contributed by atoms with E-state index in [0.29, 0.717) is 42.8 Å². The number of nitrogens with zero attached hydrogens (tertiary/aromatic N) is 5. The molecule has 0 atom stereocenters. The van der Waals surface area contributed by atoms with E-state index >= 15 is 0 Å². The molecule has 2 aromatic heterocycles. The molecule has 0 aliphatic carbocycles.